The molecule has 0 aromatic heterocycles. The normalized spacial score (nSPS) is 18.5. The minimum Gasteiger partial charge on any atom is -0.496 e. The molecule has 0 spiro atoms. The molecule has 0 heterocycles. The van der Waals surface area contributed by atoms with E-state index in [9.17, 15) is 22.8 Å². The van der Waals surface area contributed by atoms with E-state index in [0.717, 1.165) is 6.92 Å². The van der Waals surface area contributed by atoms with Gasteiger partial charge in [0.15, 0.2) is 0 Å². The molecule has 10 heteroatoms. The maximum atomic E-state index is 13.6. The van der Waals surface area contributed by atoms with E-state index in [1.54, 1.807) is 6.07 Å². The topological polar surface area (TPSA) is 75.6 Å². The number of carboxylic acids is 1. The third-order valence-electron chi connectivity index (χ3n) is 5.13. The van der Waals surface area contributed by atoms with Crippen molar-refractivity contribution in [3.63, 3.8) is 0 Å². The molecule has 31 heavy (non-hydrogen) atoms. The first-order chi connectivity index (χ1) is 14.4. The van der Waals surface area contributed by atoms with Crippen molar-refractivity contribution < 1.29 is 32.6 Å². The highest BCUT2D eigenvalue weighted by Crippen LogP contribution is 2.41. The lowest BCUT2D eigenvalue weighted by Gasteiger charge is -2.32. The maximum absolute atomic E-state index is 13.6. The lowest BCUT2D eigenvalue weighted by molar-refractivity contribution is -0.188. The van der Waals surface area contributed by atoms with Crippen LogP contribution < -0.4 is 5.32 Å². The Kier molecular flexibility index (Phi) is 8.42. The molecule has 1 amide bonds. The standard InChI is InChI=1S/C21H22Cl2F3NO4/c1-11(21(24,25)26)19(13-5-7-15(23)17(10-13)31-2)20(30)27-16-9-12(3-6-14(16)22)4-8-18(28)29/h3,6-7,9-11,13,19H,4-5,8H2,1-2H3,(H,27,30)(H,28,29)/t11-,13?,19+/m1/s1. The average molecular weight is 480 g/mol. The van der Waals surface area contributed by atoms with Crippen LogP contribution in [0.3, 0.4) is 0 Å². The van der Waals surface area contributed by atoms with Gasteiger partial charge in [0.05, 0.1) is 34.7 Å². The molecule has 2 N–H and O–H groups in total. The van der Waals surface area contributed by atoms with Gasteiger partial charge < -0.3 is 15.2 Å². The lowest BCUT2D eigenvalue weighted by Crippen LogP contribution is -2.40. The van der Waals surface area contributed by atoms with E-state index in [4.69, 9.17) is 33.0 Å². The van der Waals surface area contributed by atoms with E-state index < -0.39 is 35.8 Å². The lowest BCUT2D eigenvalue weighted by atomic mass is 9.77. The molecule has 1 aliphatic rings. The first-order valence-corrected chi connectivity index (χ1v) is 10.2. The summed E-state index contributed by atoms with van der Waals surface area (Å²) in [6, 6.07) is 4.52. The van der Waals surface area contributed by atoms with E-state index in [2.05, 4.69) is 5.32 Å². The van der Waals surface area contributed by atoms with E-state index in [-0.39, 0.29) is 40.8 Å². The van der Waals surface area contributed by atoms with Crippen LogP contribution >= 0.6 is 23.2 Å². The molecule has 0 saturated heterocycles. The molecule has 1 aliphatic carbocycles. The third kappa shape index (κ3) is 6.64. The van der Waals surface area contributed by atoms with Gasteiger partial charge >= 0.3 is 12.1 Å². The van der Waals surface area contributed by atoms with Crippen LogP contribution in [0, 0.1) is 17.8 Å². The Labute approximate surface area is 187 Å². The summed E-state index contributed by atoms with van der Waals surface area (Å²) in [6.45, 7) is 0.954. The number of nitrogens with one attached hydrogen (secondary N) is 1. The summed E-state index contributed by atoms with van der Waals surface area (Å²) in [4.78, 5) is 23.8. The zero-order valence-corrected chi connectivity index (χ0v) is 18.3. The smallest absolute Gasteiger partial charge is 0.392 e. The van der Waals surface area contributed by atoms with Crippen molar-refractivity contribution in [2.45, 2.75) is 32.4 Å². The highest BCUT2D eigenvalue weighted by Gasteiger charge is 2.47. The first-order valence-electron chi connectivity index (χ1n) is 9.43. The SMILES string of the molecule is COC1=CC([C@@H](C(=O)Nc2cc(CCC(=O)O)ccc2Cl)[C@@H](C)C(F)(F)F)CC=C1Cl. The fourth-order valence-electron chi connectivity index (χ4n) is 3.38. The molecule has 1 aromatic carbocycles. The summed E-state index contributed by atoms with van der Waals surface area (Å²) in [5, 5.41) is 11.7. The van der Waals surface area contributed by atoms with Crippen molar-refractivity contribution in [1.82, 2.24) is 0 Å². The zero-order valence-electron chi connectivity index (χ0n) is 16.8. The van der Waals surface area contributed by atoms with Crippen LogP contribution in [0.25, 0.3) is 0 Å². The number of ether oxygens (including phenoxy) is 1. The predicted molar refractivity (Wildman–Crippen MR) is 112 cm³/mol. The molecule has 0 aliphatic heterocycles. The van der Waals surface area contributed by atoms with Crippen LogP contribution in [-0.4, -0.2) is 30.3 Å². The number of methoxy groups -OCH3 is 1. The quantitative estimate of drug-likeness (QED) is 0.495. The van der Waals surface area contributed by atoms with Crippen molar-refractivity contribution >= 4 is 40.8 Å². The van der Waals surface area contributed by atoms with E-state index in [0.29, 0.717) is 5.56 Å². The number of hydrogen-bond acceptors (Lipinski definition) is 3. The van der Waals surface area contributed by atoms with Crippen LogP contribution in [0.1, 0.15) is 25.3 Å². The second kappa shape index (κ2) is 10.4. The van der Waals surface area contributed by atoms with Gasteiger partial charge in [0, 0.05) is 6.42 Å². The second-order valence-corrected chi connectivity index (χ2v) is 8.05. The molecular weight excluding hydrogens is 458 g/mol. The summed E-state index contributed by atoms with van der Waals surface area (Å²) < 4.78 is 45.8. The summed E-state index contributed by atoms with van der Waals surface area (Å²) >= 11 is 12.1. The van der Waals surface area contributed by atoms with Crippen LogP contribution in [0.2, 0.25) is 5.02 Å². The number of anilines is 1. The number of aryl methyl sites for hydroxylation is 1. The van der Waals surface area contributed by atoms with Crippen molar-refractivity contribution in [2.24, 2.45) is 17.8 Å². The number of alkyl halides is 3. The van der Waals surface area contributed by atoms with Crippen LogP contribution in [-0.2, 0) is 20.7 Å². The summed E-state index contributed by atoms with van der Waals surface area (Å²) in [5.41, 5.74) is 0.700. The Morgan fingerprint density at radius 2 is 2.00 bits per heavy atom. The first kappa shape index (κ1) is 25.1. The van der Waals surface area contributed by atoms with Crippen molar-refractivity contribution in [3.05, 3.63) is 51.7 Å². The Morgan fingerprint density at radius 1 is 1.32 bits per heavy atom. The Morgan fingerprint density at radius 3 is 2.58 bits per heavy atom. The van der Waals surface area contributed by atoms with Gasteiger partial charge in [0.1, 0.15) is 5.76 Å². The molecule has 0 bridgehead atoms. The number of aliphatic carboxylic acids is 1. The minimum absolute atomic E-state index is 0.120. The molecule has 5 nitrogen and oxygen atoms in total. The van der Waals surface area contributed by atoms with Crippen molar-refractivity contribution in [1.29, 1.82) is 0 Å². The van der Waals surface area contributed by atoms with Gasteiger partial charge in [-0.2, -0.15) is 13.2 Å². The molecule has 3 atom stereocenters. The number of hydrogen-bond donors (Lipinski definition) is 2. The molecule has 1 aromatic rings. The van der Waals surface area contributed by atoms with E-state index in [1.807, 2.05) is 0 Å². The predicted octanol–water partition coefficient (Wildman–Crippen LogP) is 5.78. The van der Waals surface area contributed by atoms with Gasteiger partial charge in [-0.15, -0.1) is 0 Å². The number of amides is 1. The number of carboxylic acid groups (broad SMARTS) is 1. The largest absolute Gasteiger partial charge is 0.496 e. The molecular formula is C21H22Cl2F3NO4. The van der Waals surface area contributed by atoms with Gasteiger partial charge in [-0.3, -0.25) is 9.59 Å². The highest BCUT2D eigenvalue weighted by atomic mass is 35.5. The fourth-order valence-corrected chi connectivity index (χ4v) is 3.78. The Bertz CT molecular complexity index is 899. The molecule has 2 rings (SSSR count). The van der Waals surface area contributed by atoms with Gasteiger partial charge in [0.2, 0.25) is 5.91 Å². The monoisotopic (exact) mass is 479 g/mol. The number of benzene rings is 1. The second-order valence-electron chi connectivity index (χ2n) is 7.24. The molecule has 0 radical (unpaired) electrons. The van der Waals surface area contributed by atoms with Crippen LogP contribution in [0.5, 0.6) is 0 Å². The summed E-state index contributed by atoms with van der Waals surface area (Å²) in [5.74, 6) is -5.87. The average Bonchev–Trinajstić information content (AvgIpc) is 2.69. The highest BCUT2D eigenvalue weighted by molar-refractivity contribution is 6.33. The van der Waals surface area contributed by atoms with Crippen molar-refractivity contribution in [3.8, 4) is 0 Å². The zero-order chi connectivity index (χ0) is 23.3. The van der Waals surface area contributed by atoms with Crippen LogP contribution in [0.15, 0.2) is 41.1 Å². The van der Waals surface area contributed by atoms with Gasteiger partial charge in [-0.1, -0.05) is 42.3 Å². The van der Waals surface area contributed by atoms with Gasteiger partial charge in [-0.25, -0.2) is 0 Å². The molecule has 1 unspecified atom stereocenters. The number of halogens is 5. The minimum atomic E-state index is -4.61. The summed E-state index contributed by atoms with van der Waals surface area (Å²) in [7, 11) is 1.34. The van der Waals surface area contributed by atoms with Crippen molar-refractivity contribution in [2.75, 3.05) is 12.4 Å². The third-order valence-corrected chi connectivity index (χ3v) is 5.80. The molecule has 0 fully saturated rings. The maximum Gasteiger partial charge on any atom is 0.392 e. The molecule has 170 valence electrons. The number of rotatable bonds is 8. The molecule has 0 saturated carbocycles. The number of carbonyl (C=O) groups is 2. The Balaban J connectivity index is 2.33. The van der Waals surface area contributed by atoms with E-state index >= 15 is 0 Å². The fraction of sp³-hybridized carbons (Fsp3) is 0.429. The van der Waals surface area contributed by atoms with E-state index in [1.165, 1.54) is 31.4 Å². The Hall–Kier alpha value is -2.19. The van der Waals surface area contributed by atoms with Gasteiger partial charge in [-0.05, 0) is 42.5 Å². The number of allylic oxidation sites excluding steroid dienone is 3. The summed E-state index contributed by atoms with van der Waals surface area (Å²) in [6.07, 6.45) is -1.47. The van der Waals surface area contributed by atoms with Gasteiger partial charge in [0.25, 0.3) is 0 Å². The number of carbonyl (C=O) groups excluding carboxylic acids is 1. The van der Waals surface area contributed by atoms with Crippen LogP contribution in [0.4, 0.5) is 18.9 Å².